The first kappa shape index (κ1) is 38.0. The number of carboxylic acids is 1. The van der Waals surface area contributed by atoms with E-state index in [1.807, 2.05) is 0 Å². The SMILES string of the molecule is CCC(=O)OCC(COC(C)=O)OC(=O)CCC(=O)OCOC(=O)Oc1c(C/C=C(\C)CCC(=O)O)c(OC)c(C)c2c1C(=O)OC2. The molecule has 0 bridgehead atoms. The fourth-order valence-corrected chi connectivity index (χ4v) is 4.20. The van der Waals surface area contributed by atoms with Crippen LogP contribution in [0.25, 0.3) is 0 Å². The second-order valence-corrected chi connectivity index (χ2v) is 10.1. The molecule has 1 heterocycles. The van der Waals surface area contributed by atoms with E-state index in [4.69, 9.17) is 43.0 Å². The van der Waals surface area contributed by atoms with Gasteiger partial charge in [0, 0.05) is 30.9 Å². The Morgan fingerprint density at radius 2 is 1.57 bits per heavy atom. The fraction of sp³-hybridized carbons (Fsp3) is 0.516. The maximum atomic E-state index is 12.6. The smallest absolute Gasteiger partial charge is 0.496 e. The van der Waals surface area contributed by atoms with Gasteiger partial charge in [-0.05, 0) is 32.3 Å². The van der Waals surface area contributed by atoms with Crippen molar-refractivity contribution in [2.75, 3.05) is 27.1 Å². The number of ether oxygens (including phenoxy) is 8. The molecular weight excluding hydrogens is 628 g/mol. The molecule has 0 aliphatic carbocycles. The number of aliphatic carboxylic acids is 1. The molecule has 1 aromatic carbocycles. The van der Waals surface area contributed by atoms with Gasteiger partial charge in [0.2, 0.25) is 6.79 Å². The van der Waals surface area contributed by atoms with E-state index >= 15 is 0 Å². The largest absolute Gasteiger partial charge is 0.516 e. The van der Waals surface area contributed by atoms with Crippen LogP contribution in [0.1, 0.15) is 79.9 Å². The first-order valence-electron chi connectivity index (χ1n) is 14.5. The molecule has 0 radical (unpaired) electrons. The lowest BCUT2D eigenvalue weighted by molar-refractivity contribution is -0.167. The predicted molar refractivity (Wildman–Crippen MR) is 156 cm³/mol. The van der Waals surface area contributed by atoms with Crippen molar-refractivity contribution in [1.82, 2.24) is 0 Å². The minimum atomic E-state index is -1.33. The Hall–Kier alpha value is -5.15. The van der Waals surface area contributed by atoms with Crippen LogP contribution < -0.4 is 9.47 Å². The van der Waals surface area contributed by atoms with Crippen LogP contribution in [-0.2, 0) is 65.4 Å². The minimum Gasteiger partial charge on any atom is -0.496 e. The Balaban J connectivity index is 2.01. The van der Waals surface area contributed by atoms with Crippen molar-refractivity contribution >= 4 is 42.0 Å². The molecule has 0 fully saturated rings. The molecule has 1 unspecified atom stereocenters. The molecule has 47 heavy (non-hydrogen) atoms. The van der Waals surface area contributed by atoms with Crippen LogP contribution in [0.5, 0.6) is 11.5 Å². The van der Waals surface area contributed by atoms with Crippen LogP contribution in [-0.4, -0.2) is 80.3 Å². The molecule has 0 spiro atoms. The van der Waals surface area contributed by atoms with Gasteiger partial charge in [-0.25, -0.2) is 9.59 Å². The van der Waals surface area contributed by atoms with E-state index in [0.29, 0.717) is 22.4 Å². The predicted octanol–water partition coefficient (Wildman–Crippen LogP) is 3.25. The van der Waals surface area contributed by atoms with Gasteiger partial charge in [-0.2, -0.15) is 0 Å². The normalized spacial score (nSPS) is 12.6. The minimum absolute atomic E-state index is 0.00110. The van der Waals surface area contributed by atoms with E-state index in [9.17, 15) is 33.6 Å². The van der Waals surface area contributed by atoms with Crippen molar-refractivity contribution < 1.29 is 76.6 Å². The van der Waals surface area contributed by atoms with Crippen LogP contribution in [0.4, 0.5) is 4.79 Å². The summed E-state index contributed by atoms with van der Waals surface area (Å²) < 4.78 is 40.6. The molecule has 0 saturated carbocycles. The van der Waals surface area contributed by atoms with Crippen molar-refractivity contribution in [2.45, 2.75) is 78.9 Å². The van der Waals surface area contributed by atoms with Crippen molar-refractivity contribution in [3.8, 4) is 11.5 Å². The van der Waals surface area contributed by atoms with Gasteiger partial charge in [0.1, 0.15) is 31.1 Å². The number of carbonyl (C=O) groups excluding carboxylic acids is 6. The highest BCUT2D eigenvalue weighted by atomic mass is 16.8. The second kappa shape index (κ2) is 18.7. The summed E-state index contributed by atoms with van der Waals surface area (Å²) in [6.45, 7) is 4.46. The third kappa shape index (κ3) is 12.3. The Kier molecular flexibility index (Phi) is 15.2. The van der Waals surface area contributed by atoms with E-state index in [2.05, 4.69) is 0 Å². The number of methoxy groups -OCH3 is 1. The number of carboxylic acid groups (broad SMARTS) is 1. The number of cyclic esters (lactones) is 1. The van der Waals surface area contributed by atoms with Gasteiger partial charge < -0.3 is 43.0 Å². The summed E-state index contributed by atoms with van der Waals surface area (Å²) in [5.41, 5.74) is 2.08. The van der Waals surface area contributed by atoms with Gasteiger partial charge in [-0.15, -0.1) is 0 Å². The van der Waals surface area contributed by atoms with Gasteiger partial charge in [0.05, 0.1) is 20.0 Å². The first-order chi connectivity index (χ1) is 22.3. The third-order valence-electron chi connectivity index (χ3n) is 6.62. The standard InChI is InChI=1S/C31H38O16/c1-6-24(35)42-14-20(13-41-19(4)32)46-26(37)12-11-25(36)44-16-45-31(39)47-29-21(9-7-17(2)8-10-23(33)34)28(40-5)18(3)22-15-43-30(38)27(22)29/h7,20H,6,8-16H2,1-5H3,(H,33,34)/b17-7+. The Labute approximate surface area is 270 Å². The molecule has 16 nitrogen and oxygen atoms in total. The molecule has 1 aromatic rings. The zero-order valence-corrected chi connectivity index (χ0v) is 26.8. The Bertz CT molecular complexity index is 1390. The molecule has 1 aliphatic heterocycles. The molecule has 16 heteroatoms. The second-order valence-electron chi connectivity index (χ2n) is 10.1. The summed E-state index contributed by atoms with van der Waals surface area (Å²) >= 11 is 0. The average molecular weight is 667 g/mol. The Morgan fingerprint density at radius 3 is 2.21 bits per heavy atom. The number of fused-ring (bicyclic) bond motifs is 1. The summed E-state index contributed by atoms with van der Waals surface area (Å²) in [6, 6.07) is 0. The number of benzene rings is 1. The van der Waals surface area contributed by atoms with Gasteiger partial charge in [0.25, 0.3) is 0 Å². The zero-order chi connectivity index (χ0) is 35.1. The maximum Gasteiger partial charge on any atom is 0.516 e. The van der Waals surface area contributed by atoms with Crippen LogP contribution >= 0.6 is 0 Å². The highest BCUT2D eigenvalue weighted by Crippen LogP contribution is 2.43. The molecule has 0 amide bonds. The zero-order valence-electron chi connectivity index (χ0n) is 26.8. The summed E-state index contributed by atoms with van der Waals surface area (Å²) in [5, 5.41) is 8.96. The summed E-state index contributed by atoms with van der Waals surface area (Å²) in [4.78, 5) is 83.0. The topological polar surface area (TPSA) is 214 Å². The van der Waals surface area contributed by atoms with E-state index in [0.717, 1.165) is 12.5 Å². The van der Waals surface area contributed by atoms with Gasteiger partial charge in [0.15, 0.2) is 11.9 Å². The van der Waals surface area contributed by atoms with Gasteiger partial charge in [-0.1, -0.05) is 18.6 Å². The number of hydrogen-bond acceptors (Lipinski definition) is 15. The molecule has 0 aromatic heterocycles. The third-order valence-corrected chi connectivity index (χ3v) is 6.62. The van der Waals surface area contributed by atoms with Crippen molar-refractivity contribution in [3.63, 3.8) is 0 Å². The quantitative estimate of drug-likeness (QED) is 0.0782. The summed E-state index contributed by atoms with van der Waals surface area (Å²) in [5.74, 6) is -4.57. The number of esters is 5. The van der Waals surface area contributed by atoms with Crippen molar-refractivity contribution in [1.29, 1.82) is 0 Å². The van der Waals surface area contributed by atoms with Gasteiger partial charge in [-0.3, -0.25) is 24.0 Å². The van der Waals surface area contributed by atoms with E-state index in [-0.39, 0.29) is 56.8 Å². The lowest BCUT2D eigenvalue weighted by Gasteiger charge is -2.18. The van der Waals surface area contributed by atoms with E-state index < -0.39 is 67.7 Å². The highest BCUT2D eigenvalue weighted by Gasteiger charge is 2.34. The molecule has 2 rings (SSSR count). The maximum absolute atomic E-state index is 12.6. The van der Waals surface area contributed by atoms with Crippen LogP contribution in [0.2, 0.25) is 0 Å². The van der Waals surface area contributed by atoms with Crippen LogP contribution in [0, 0.1) is 6.92 Å². The number of rotatable bonds is 18. The average Bonchev–Trinajstić information content (AvgIpc) is 3.41. The van der Waals surface area contributed by atoms with Crippen molar-refractivity contribution in [2.24, 2.45) is 0 Å². The summed E-state index contributed by atoms with van der Waals surface area (Å²) in [6.07, 6.45) is -1.26. The molecule has 258 valence electrons. The van der Waals surface area contributed by atoms with Crippen molar-refractivity contribution in [3.05, 3.63) is 33.9 Å². The molecule has 1 aliphatic rings. The molecule has 0 saturated heterocycles. The monoisotopic (exact) mass is 666 g/mol. The number of carbonyl (C=O) groups is 7. The summed E-state index contributed by atoms with van der Waals surface area (Å²) in [7, 11) is 1.40. The molecule has 1 N–H and O–H groups in total. The number of hydrogen-bond donors (Lipinski definition) is 1. The van der Waals surface area contributed by atoms with E-state index in [1.165, 1.54) is 7.11 Å². The van der Waals surface area contributed by atoms with Crippen LogP contribution in [0.3, 0.4) is 0 Å². The lowest BCUT2D eigenvalue weighted by Crippen LogP contribution is -2.30. The van der Waals surface area contributed by atoms with E-state index in [1.54, 1.807) is 26.8 Å². The first-order valence-corrected chi connectivity index (χ1v) is 14.5. The highest BCUT2D eigenvalue weighted by molar-refractivity contribution is 5.99. The molecule has 1 atom stereocenters. The van der Waals surface area contributed by atoms with Gasteiger partial charge >= 0.3 is 42.0 Å². The fourth-order valence-electron chi connectivity index (χ4n) is 4.20. The Morgan fingerprint density at radius 1 is 0.894 bits per heavy atom. The number of allylic oxidation sites excluding steroid dienone is 2. The lowest BCUT2D eigenvalue weighted by atomic mass is 9.94. The van der Waals surface area contributed by atoms with Crippen LogP contribution in [0.15, 0.2) is 11.6 Å². The molecular formula is C31H38O16.